The lowest BCUT2D eigenvalue weighted by molar-refractivity contribution is 0.407. The van der Waals surface area contributed by atoms with Gasteiger partial charge in [0.05, 0.1) is 6.54 Å². The Morgan fingerprint density at radius 3 is 2.47 bits per heavy atom. The van der Waals surface area contributed by atoms with Crippen LogP contribution in [0.15, 0.2) is 0 Å². The predicted molar refractivity (Wildman–Crippen MR) is 71.2 cm³/mol. The molecule has 0 amide bonds. The van der Waals surface area contributed by atoms with E-state index in [-0.39, 0.29) is 0 Å². The monoisotopic (exact) mass is 238 g/mol. The van der Waals surface area contributed by atoms with Crippen molar-refractivity contribution in [3.8, 4) is 0 Å². The first-order valence-electron chi connectivity index (χ1n) is 6.90. The number of hydrogen-bond donors (Lipinski definition) is 1. The van der Waals surface area contributed by atoms with Crippen LogP contribution in [0.2, 0.25) is 0 Å². The van der Waals surface area contributed by atoms with Gasteiger partial charge in [0, 0.05) is 18.9 Å². The van der Waals surface area contributed by atoms with Crippen molar-refractivity contribution < 1.29 is 0 Å². The number of hydrogen-bond acceptors (Lipinski definition) is 3. The van der Waals surface area contributed by atoms with Gasteiger partial charge in [-0.2, -0.15) is 5.10 Å². The molecule has 1 atom stereocenters. The Morgan fingerprint density at radius 1 is 1.18 bits per heavy atom. The van der Waals surface area contributed by atoms with Crippen LogP contribution in [0.25, 0.3) is 0 Å². The highest BCUT2D eigenvalue weighted by molar-refractivity contribution is 4.93. The molecule has 0 aliphatic carbocycles. The topological polar surface area (TPSA) is 42.7 Å². The van der Waals surface area contributed by atoms with E-state index < -0.39 is 0 Å². The van der Waals surface area contributed by atoms with Crippen molar-refractivity contribution in [3.63, 3.8) is 0 Å². The third-order valence-electron chi connectivity index (χ3n) is 2.99. The zero-order valence-corrected chi connectivity index (χ0v) is 11.7. The quantitative estimate of drug-likeness (QED) is 0.755. The summed E-state index contributed by atoms with van der Waals surface area (Å²) in [6.45, 7) is 10.7. The zero-order valence-electron chi connectivity index (χ0n) is 11.7. The highest BCUT2D eigenvalue weighted by Crippen LogP contribution is 2.04. The van der Waals surface area contributed by atoms with Crippen LogP contribution in [-0.4, -0.2) is 27.4 Å². The molecule has 0 saturated carbocycles. The van der Waals surface area contributed by atoms with Crippen molar-refractivity contribution in [2.45, 2.75) is 66.0 Å². The van der Waals surface area contributed by atoms with Gasteiger partial charge in [-0.15, -0.1) is 0 Å². The van der Waals surface area contributed by atoms with Crippen molar-refractivity contribution in [1.82, 2.24) is 20.1 Å². The van der Waals surface area contributed by atoms with E-state index in [9.17, 15) is 0 Å². The lowest BCUT2D eigenvalue weighted by atomic mass is 10.2. The zero-order chi connectivity index (χ0) is 12.7. The van der Waals surface area contributed by atoms with Gasteiger partial charge in [-0.25, -0.2) is 9.67 Å². The molecular weight excluding hydrogens is 212 g/mol. The van der Waals surface area contributed by atoms with E-state index in [2.05, 4.69) is 47.8 Å². The molecule has 0 saturated heterocycles. The van der Waals surface area contributed by atoms with Crippen molar-refractivity contribution in [1.29, 1.82) is 0 Å². The van der Waals surface area contributed by atoms with Gasteiger partial charge in [0.25, 0.3) is 0 Å². The third-order valence-corrected chi connectivity index (χ3v) is 2.99. The van der Waals surface area contributed by atoms with Crippen LogP contribution in [0, 0.1) is 0 Å². The molecule has 0 aliphatic heterocycles. The van der Waals surface area contributed by atoms with Crippen molar-refractivity contribution in [2.24, 2.45) is 0 Å². The Balaban J connectivity index is 2.67. The molecule has 0 fully saturated rings. The van der Waals surface area contributed by atoms with Crippen LogP contribution >= 0.6 is 0 Å². The van der Waals surface area contributed by atoms with E-state index in [1.807, 2.05) is 0 Å². The van der Waals surface area contributed by atoms with Gasteiger partial charge in [0.1, 0.15) is 5.82 Å². The van der Waals surface area contributed by atoms with E-state index in [4.69, 9.17) is 0 Å². The van der Waals surface area contributed by atoms with Crippen LogP contribution in [0.1, 0.15) is 52.2 Å². The molecule has 1 aromatic rings. The van der Waals surface area contributed by atoms with Crippen molar-refractivity contribution in [2.75, 3.05) is 6.54 Å². The second-order valence-corrected chi connectivity index (χ2v) is 4.39. The normalized spacial score (nSPS) is 12.9. The highest BCUT2D eigenvalue weighted by Gasteiger charge is 2.11. The Labute approximate surface area is 105 Å². The first-order chi connectivity index (χ1) is 8.24. The Morgan fingerprint density at radius 2 is 1.94 bits per heavy atom. The molecule has 4 heteroatoms. The minimum absolute atomic E-state index is 0.506. The summed E-state index contributed by atoms with van der Waals surface area (Å²) in [7, 11) is 0. The average Bonchev–Trinajstić information content (AvgIpc) is 2.76. The summed E-state index contributed by atoms with van der Waals surface area (Å²) in [6, 6.07) is 0.506. The van der Waals surface area contributed by atoms with Crippen LogP contribution in [0.5, 0.6) is 0 Å². The molecule has 4 nitrogen and oxygen atoms in total. The number of nitrogens with zero attached hydrogens (tertiary/aromatic N) is 3. The second-order valence-electron chi connectivity index (χ2n) is 4.39. The summed E-state index contributed by atoms with van der Waals surface area (Å²) < 4.78 is 2.08. The molecule has 1 heterocycles. The average molecular weight is 238 g/mol. The maximum Gasteiger partial charge on any atom is 0.150 e. The molecule has 0 aromatic carbocycles. The fraction of sp³-hybridized carbons (Fsp3) is 0.846. The Hall–Kier alpha value is -0.900. The van der Waals surface area contributed by atoms with Gasteiger partial charge in [-0.3, -0.25) is 0 Å². The molecule has 1 rings (SSSR count). The van der Waals surface area contributed by atoms with E-state index in [0.29, 0.717) is 6.04 Å². The van der Waals surface area contributed by atoms with Gasteiger partial charge in [-0.05, 0) is 19.4 Å². The van der Waals surface area contributed by atoms with Gasteiger partial charge < -0.3 is 5.32 Å². The fourth-order valence-electron chi connectivity index (χ4n) is 1.88. The standard InChI is InChI=1S/C13H26N4/c1-5-9-14-11(6-2)10-17-13(8-4)15-12(7-3)16-17/h11,14H,5-10H2,1-4H3. The van der Waals surface area contributed by atoms with Crippen molar-refractivity contribution in [3.05, 3.63) is 11.6 Å². The van der Waals surface area contributed by atoms with E-state index in [1.165, 1.54) is 6.42 Å². The van der Waals surface area contributed by atoms with Gasteiger partial charge >= 0.3 is 0 Å². The fourth-order valence-corrected chi connectivity index (χ4v) is 1.88. The minimum Gasteiger partial charge on any atom is -0.312 e. The lowest BCUT2D eigenvalue weighted by Crippen LogP contribution is -2.34. The SMILES string of the molecule is CCCNC(CC)Cn1nc(CC)nc1CC. The molecule has 0 aliphatic rings. The third kappa shape index (κ3) is 4.11. The van der Waals surface area contributed by atoms with Crippen LogP contribution in [-0.2, 0) is 19.4 Å². The van der Waals surface area contributed by atoms with Crippen LogP contribution < -0.4 is 5.32 Å². The molecule has 1 N–H and O–H groups in total. The minimum atomic E-state index is 0.506. The predicted octanol–water partition coefficient (Wildman–Crippen LogP) is 2.18. The molecule has 98 valence electrons. The molecule has 1 aromatic heterocycles. The molecule has 0 bridgehead atoms. The highest BCUT2D eigenvalue weighted by atomic mass is 15.4. The Bertz CT molecular complexity index is 319. The maximum absolute atomic E-state index is 4.56. The summed E-state index contributed by atoms with van der Waals surface area (Å²) in [6.07, 6.45) is 4.18. The summed E-state index contributed by atoms with van der Waals surface area (Å²) in [5.74, 6) is 2.07. The first kappa shape index (κ1) is 14.2. The Kier molecular flexibility index (Phi) is 6.19. The van der Waals surface area contributed by atoms with Crippen molar-refractivity contribution >= 4 is 0 Å². The maximum atomic E-state index is 4.56. The number of rotatable bonds is 8. The smallest absolute Gasteiger partial charge is 0.150 e. The van der Waals surface area contributed by atoms with E-state index in [1.54, 1.807) is 0 Å². The molecule has 0 spiro atoms. The molecular formula is C13H26N4. The van der Waals surface area contributed by atoms with Crippen LogP contribution in [0.4, 0.5) is 0 Å². The molecule has 17 heavy (non-hydrogen) atoms. The van der Waals surface area contributed by atoms with Crippen LogP contribution in [0.3, 0.4) is 0 Å². The van der Waals surface area contributed by atoms with E-state index in [0.717, 1.165) is 44.0 Å². The second kappa shape index (κ2) is 7.43. The lowest BCUT2D eigenvalue weighted by Gasteiger charge is -2.17. The van der Waals surface area contributed by atoms with Gasteiger partial charge in [0.2, 0.25) is 0 Å². The molecule has 0 radical (unpaired) electrons. The molecule has 1 unspecified atom stereocenters. The summed E-state index contributed by atoms with van der Waals surface area (Å²) in [5, 5.41) is 8.12. The number of aryl methyl sites for hydroxylation is 2. The summed E-state index contributed by atoms with van der Waals surface area (Å²) >= 11 is 0. The summed E-state index contributed by atoms with van der Waals surface area (Å²) in [5.41, 5.74) is 0. The summed E-state index contributed by atoms with van der Waals surface area (Å²) in [4.78, 5) is 4.54. The largest absolute Gasteiger partial charge is 0.312 e. The first-order valence-corrected chi connectivity index (χ1v) is 6.90. The van der Waals surface area contributed by atoms with E-state index >= 15 is 0 Å². The van der Waals surface area contributed by atoms with Gasteiger partial charge in [-0.1, -0.05) is 27.7 Å². The number of aromatic nitrogens is 3. The van der Waals surface area contributed by atoms with Gasteiger partial charge in [0.15, 0.2) is 5.82 Å². The number of nitrogens with one attached hydrogen (secondary N) is 1.